The van der Waals surface area contributed by atoms with Crippen LogP contribution in [-0.2, 0) is 16.1 Å². The summed E-state index contributed by atoms with van der Waals surface area (Å²) in [6.07, 6.45) is 8.55. The van der Waals surface area contributed by atoms with Gasteiger partial charge < -0.3 is 10.6 Å². The third kappa shape index (κ3) is 8.18. The summed E-state index contributed by atoms with van der Waals surface area (Å²) in [5.74, 6) is 4.02. The van der Waals surface area contributed by atoms with Gasteiger partial charge in [0, 0.05) is 43.1 Å². The highest BCUT2D eigenvalue weighted by Crippen LogP contribution is 2.27. The minimum atomic E-state index is -0.462. The van der Waals surface area contributed by atoms with E-state index in [0.717, 1.165) is 55.8 Å². The summed E-state index contributed by atoms with van der Waals surface area (Å²) in [5, 5.41) is 9.56. The van der Waals surface area contributed by atoms with Crippen LogP contribution in [0.4, 0.5) is 0 Å². The van der Waals surface area contributed by atoms with Crippen LogP contribution in [0.1, 0.15) is 50.5 Å². The van der Waals surface area contributed by atoms with Crippen molar-refractivity contribution in [2.24, 2.45) is 5.92 Å². The highest BCUT2D eigenvalue weighted by Gasteiger charge is 2.30. The summed E-state index contributed by atoms with van der Waals surface area (Å²) in [7, 11) is 0. The molecule has 2 atom stereocenters. The highest BCUT2D eigenvalue weighted by atomic mass is 32.2. The van der Waals surface area contributed by atoms with Crippen LogP contribution < -0.4 is 16.0 Å². The van der Waals surface area contributed by atoms with Gasteiger partial charge in [0.15, 0.2) is 0 Å². The summed E-state index contributed by atoms with van der Waals surface area (Å²) in [4.78, 5) is 28.4. The molecule has 188 valence electrons. The number of rotatable bonds is 10. The number of hydrogen-bond donors (Lipinski definition) is 3. The molecule has 1 saturated carbocycles. The average molecular weight is 505 g/mol. The predicted octanol–water partition coefficient (Wildman–Crippen LogP) is 3.23. The summed E-state index contributed by atoms with van der Waals surface area (Å²) >= 11 is 3.56. The molecule has 2 aliphatic heterocycles. The lowest BCUT2D eigenvalue weighted by atomic mass is 9.91. The van der Waals surface area contributed by atoms with Gasteiger partial charge in [-0.05, 0) is 42.9 Å². The van der Waals surface area contributed by atoms with Crippen LogP contribution in [-0.4, -0.2) is 71.1 Å². The lowest BCUT2D eigenvalue weighted by Gasteiger charge is -2.33. The quantitative estimate of drug-likeness (QED) is 0.454. The Bertz CT molecular complexity index is 761. The Kier molecular flexibility index (Phi) is 10.5. The molecule has 0 bridgehead atoms. The first kappa shape index (κ1) is 25.9. The van der Waals surface area contributed by atoms with E-state index in [4.69, 9.17) is 0 Å². The first-order chi connectivity index (χ1) is 16.7. The number of carbonyl (C=O) groups excluding carboxylic acids is 2. The van der Waals surface area contributed by atoms with Crippen molar-refractivity contribution in [3.63, 3.8) is 0 Å². The number of likely N-dealkylation sites (tertiary alicyclic amines) is 1. The van der Waals surface area contributed by atoms with E-state index < -0.39 is 6.04 Å². The smallest absolute Gasteiger partial charge is 0.243 e. The molecule has 2 amide bonds. The van der Waals surface area contributed by atoms with E-state index in [0.29, 0.717) is 5.75 Å². The maximum absolute atomic E-state index is 13.2. The first-order valence-corrected chi connectivity index (χ1v) is 15.2. The van der Waals surface area contributed by atoms with Crippen LogP contribution in [0.2, 0.25) is 0 Å². The fourth-order valence-corrected chi connectivity index (χ4v) is 7.32. The van der Waals surface area contributed by atoms with Gasteiger partial charge in [-0.25, -0.2) is 0 Å². The number of carbonyl (C=O) groups is 2. The van der Waals surface area contributed by atoms with Crippen molar-refractivity contribution < 1.29 is 9.59 Å². The van der Waals surface area contributed by atoms with E-state index >= 15 is 0 Å². The Morgan fingerprint density at radius 3 is 2.56 bits per heavy atom. The number of nitrogens with zero attached hydrogens (tertiary/aromatic N) is 1. The van der Waals surface area contributed by atoms with Crippen LogP contribution in [0.3, 0.4) is 0 Å². The third-order valence-corrected chi connectivity index (χ3v) is 9.43. The van der Waals surface area contributed by atoms with E-state index in [1.807, 2.05) is 11.8 Å². The van der Waals surface area contributed by atoms with Crippen molar-refractivity contribution in [2.75, 3.05) is 36.2 Å². The van der Waals surface area contributed by atoms with Gasteiger partial charge in [0.2, 0.25) is 11.8 Å². The van der Waals surface area contributed by atoms with Crippen molar-refractivity contribution >= 4 is 35.3 Å². The third-order valence-electron chi connectivity index (χ3n) is 7.21. The summed E-state index contributed by atoms with van der Waals surface area (Å²) < 4.78 is 0. The van der Waals surface area contributed by atoms with Crippen molar-refractivity contribution in [2.45, 2.75) is 69.6 Å². The zero-order valence-electron chi connectivity index (χ0n) is 20.2. The molecule has 1 aromatic rings. The van der Waals surface area contributed by atoms with Gasteiger partial charge >= 0.3 is 0 Å². The molecule has 3 fully saturated rings. The molecule has 1 aromatic carbocycles. The van der Waals surface area contributed by atoms with Gasteiger partial charge in [0.25, 0.3) is 0 Å². The Balaban J connectivity index is 1.25. The van der Waals surface area contributed by atoms with Crippen LogP contribution >= 0.6 is 23.5 Å². The summed E-state index contributed by atoms with van der Waals surface area (Å²) in [6, 6.07) is 10.1. The zero-order chi connectivity index (χ0) is 23.6. The molecular formula is C26H40N4O2S2. The number of nitrogens with one attached hydrogen (secondary N) is 3. The van der Waals surface area contributed by atoms with Crippen LogP contribution in [0.5, 0.6) is 0 Å². The number of hydrogen-bond acceptors (Lipinski definition) is 6. The van der Waals surface area contributed by atoms with E-state index in [-0.39, 0.29) is 23.9 Å². The Morgan fingerprint density at radius 1 is 1.09 bits per heavy atom. The Morgan fingerprint density at radius 2 is 1.85 bits per heavy atom. The maximum Gasteiger partial charge on any atom is 0.243 e. The minimum absolute atomic E-state index is 0.0170. The van der Waals surface area contributed by atoms with E-state index in [1.54, 1.807) is 11.8 Å². The van der Waals surface area contributed by atoms with Crippen LogP contribution in [0, 0.1) is 5.92 Å². The van der Waals surface area contributed by atoms with Crippen LogP contribution in [0.15, 0.2) is 30.3 Å². The van der Waals surface area contributed by atoms with Gasteiger partial charge in [0.05, 0.1) is 6.04 Å². The predicted molar refractivity (Wildman–Crippen MR) is 143 cm³/mol. The molecule has 0 aromatic heterocycles. The van der Waals surface area contributed by atoms with Gasteiger partial charge in [-0.15, -0.1) is 11.8 Å². The van der Waals surface area contributed by atoms with Gasteiger partial charge in [-0.2, -0.15) is 11.8 Å². The molecule has 34 heavy (non-hydrogen) atoms. The molecule has 8 heteroatoms. The fourth-order valence-electron chi connectivity index (χ4n) is 5.10. The molecule has 4 rings (SSSR count). The van der Waals surface area contributed by atoms with Gasteiger partial charge in [-0.3, -0.25) is 19.8 Å². The Labute approximate surface area is 213 Å². The molecule has 2 saturated heterocycles. The van der Waals surface area contributed by atoms with Crippen molar-refractivity contribution in [3.8, 4) is 0 Å². The summed E-state index contributed by atoms with van der Waals surface area (Å²) in [5.41, 5.74) is 1.33. The minimum Gasteiger partial charge on any atom is -0.351 e. The molecule has 6 nitrogen and oxygen atoms in total. The average Bonchev–Trinajstić information content (AvgIpc) is 3.41. The molecule has 1 aliphatic carbocycles. The SMILES string of the molecule is O=C(NC(CSCC1CCCCC1)C(=O)NC1CCN(Cc2ccccc2)CC1)C1CSCN1. The van der Waals surface area contributed by atoms with Crippen molar-refractivity contribution in [1.29, 1.82) is 0 Å². The van der Waals surface area contributed by atoms with Crippen LogP contribution in [0.25, 0.3) is 0 Å². The lowest BCUT2D eigenvalue weighted by Crippen LogP contribution is -2.55. The standard InChI is InChI=1S/C26H40N4O2S2/c31-25(23-17-34-19-27-23)29-24(18-33-16-21-9-5-2-6-10-21)26(32)28-22-11-13-30(14-12-22)15-20-7-3-1-4-8-20/h1,3-4,7-8,21-24,27H,2,5-6,9-19H2,(H,28,32)(H,29,31). The van der Waals surface area contributed by atoms with E-state index in [2.05, 4.69) is 51.2 Å². The van der Waals surface area contributed by atoms with Gasteiger partial charge in [0.1, 0.15) is 6.04 Å². The maximum atomic E-state index is 13.2. The second-order valence-corrected chi connectivity index (χ2v) is 12.0. The second kappa shape index (κ2) is 13.8. The Hall–Kier alpha value is -1.22. The topological polar surface area (TPSA) is 73.5 Å². The monoisotopic (exact) mass is 504 g/mol. The number of amides is 2. The van der Waals surface area contributed by atoms with E-state index in [1.165, 1.54) is 37.7 Å². The number of thioether (sulfide) groups is 2. The molecule has 3 N–H and O–H groups in total. The first-order valence-electron chi connectivity index (χ1n) is 12.9. The number of benzene rings is 1. The zero-order valence-corrected chi connectivity index (χ0v) is 21.8. The molecule has 0 spiro atoms. The van der Waals surface area contributed by atoms with Gasteiger partial charge in [-0.1, -0.05) is 49.6 Å². The van der Waals surface area contributed by atoms with Crippen molar-refractivity contribution in [3.05, 3.63) is 35.9 Å². The molecule has 3 aliphatic rings. The molecule has 2 unspecified atom stereocenters. The fraction of sp³-hybridized carbons (Fsp3) is 0.692. The number of piperidine rings is 1. The normalized spacial score (nSPS) is 23.5. The summed E-state index contributed by atoms with van der Waals surface area (Å²) in [6.45, 7) is 2.93. The largest absolute Gasteiger partial charge is 0.351 e. The molecule has 0 radical (unpaired) electrons. The molecular weight excluding hydrogens is 464 g/mol. The lowest BCUT2D eigenvalue weighted by molar-refractivity contribution is -0.129. The van der Waals surface area contributed by atoms with Crippen molar-refractivity contribution in [1.82, 2.24) is 20.9 Å². The highest BCUT2D eigenvalue weighted by molar-refractivity contribution is 7.99. The second-order valence-electron chi connectivity index (χ2n) is 9.92. The molecule has 2 heterocycles. The van der Waals surface area contributed by atoms with E-state index in [9.17, 15) is 9.59 Å².